The summed E-state index contributed by atoms with van der Waals surface area (Å²) in [6.45, 7) is 6.39. The highest BCUT2D eigenvalue weighted by atomic mass is 19.4. The smallest absolute Gasteiger partial charge is 0.416 e. The predicted molar refractivity (Wildman–Crippen MR) is 130 cm³/mol. The molecular weight excluding hydrogens is 485 g/mol. The van der Waals surface area contributed by atoms with Crippen molar-refractivity contribution >= 4 is 0 Å². The van der Waals surface area contributed by atoms with Crippen molar-refractivity contribution in [2.24, 2.45) is 5.92 Å². The van der Waals surface area contributed by atoms with Crippen molar-refractivity contribution in [3.63, 3.8) is 0 Å². The first-order valence-electron chi connectivity index (χ1n) is 12.0. The lowest BCUT2D eigenvalue weighted by Gasteiger charge is -2.40. The fourth-order valence-electron chi connectivity index (χ4n) is 4.88. The summed E-state index contributed by atoms with van der Waals surface area (Å²) in [7, 11) is 1.58. The van der Waals surface area contributed by atoms with Gasteiger partial charge in [-0.05, 0) is 43.2 Å². The van der Waals surface area contributed by atoms with Gasteiger partial charge in [0, 0.05) is 24.9 Å². The summed E-state index contributed by atoms with van der Waals surface area (Å²) in [6.07, 6.45) is -1.46. The van der Waals surface area contributed by atoms with Crippen LogP contribution in [0.2, 0.25) is 0 Å². The zero-order valence-corrected chi connectivity index (χ0v) is 21.0. The molecule has 194 valence electrons. The fourth-order valence-corrected chi connectivity index (χ4v) is 4.88. The molecule has 1 aliphatic heterocycles. The van der Waals surface area contributed by atoms with E-state index < -0.39 is 17.3 Å². The van der Waals surface area contributed by atoms with Crippen molar-refractivity contribution in [3.8, 4) is 34.2 Å². The van der Waals surface area contributed by atoms with Crippen LogP contribution in [-0.4, -0.2) is 26.9 Å². The van der Waals surface area contributed by atoms with Gasteiger partial charge in [-0.1, -0.05) is 26.0 Å². The van der Waals surface area contributed by atoms with Crippen LogP contribution >= 0.6 is 0 Å². The third kappa shape index (κ3) is 4.45. The molecule has 5 rings (SSSR count). The van der Waals surface area contributed by atoms with E-state index in [0.29, 0.717) is 42.0 Å². The molecule has 0 N–H and O–H groups in total. The largest absolute Gasteiger partial charge is 0.496 e. The minimum atomic E-state index is -4.46. The number of aromatic nitrogens is 4. The SMILES string of the molecule is COc1cc(-c2nnc3n2CCCC3(Oc2cccc(C(F)(F)F)c2)C(C)C)ccc1-c1cnc(C)o1. The van der Waals surface area contributed by atoms with Gasteiger partial charge in [0.05, 0.1) is 24.4 Å². The second-order valence-corrected chi connectivity index (χ2v) is 9.43. The molecule has 4 aromatic rings. The molecule has 37 heavy (non-hydrogen) atoms. The highest BCUT2D eigenvalue weighted by molar-refractivity contribution is 5.71. The number of hydrogen-bond donors (Lipinski definition) is 0. The normalized spacial score (nSPS) is 17.6. The van der Waals surface area contributed by atoms with E-state index in [1.54, 1.807) is 26.3 Å². The Labute approximate surface area is 212 Å². The molecule has 0 saturated heterocycles. The summed E-state index contributed by atoms with van der Waals surface area (Å²) in [6, 6.07) is 10.6. The number of halogens is 3. The van der Waals surface area contributed by atoms with Crippen LogP contribution in [0.15, 0.2) is 53.1 Å². The minimum Gasteiger partial charge on any atom is -0.496 e. The third-order valence-electron chi connectivity index (χ3n) is 6.80. The molecule has 1 aliphatic rings. The number of rotatable bonds is 6. The van der Waals surface area contributed by atoms with Crippen LogP contribution in [0.25, 0.3) is 22.7 Å². The Bertz CT molecular complexity index is 1430. The summed E-state index contributed by atoms with van der Waals surface area (Å²) in [5, 5.41) is 9.00. The number of benzene rings is 2. The number of methoxy groups -OCH3 is 1. The van der Waals surface area contributed by atoms with Crippen molar-refractivity contribution < 1.29 is 27.1 Å². The highest BCUT2D eigenvalue weighted by Gasteiger charge is 2.46. The van der Waals surface area contributed by atoms with E-state index in [4.69, 9.17) is 13.9 Å². The zero-order valence-electron chi connectivity index (χ0n) is 21.0. The quantitative estimate of drug-likeness (QED) is 0.288. The van der Waals surface area contributed by atoms with Gasteiger partial charge < -0.3 is 18.5 Å². The lowest BCUT2D eigenvalue weighted by Crippen LogP contribution is -2.44. The van der Waals surface area contributed by atoms with Gasteiger partial charge in [0.25, 0.3) is 0 Å². The highest BCUT2D eigenvalue weighted by Crippen LogP contribution is 2.44. The Morgan fingerprint density at radius 3 is 2.59 bits per heavy atom. The molecule has 7 nitrogen and oxygen atoms in total. The summed E-state index contributed by atoms with van der Waals surface area (Å²) in [4.78, 5) is 4.16. The number of nitrogens with zero attached hydrogens (tertiary/aromatic N) is 4. The molecule has 1 atom stereocenters. The summed E-state index contributed by atoms with van der Waals surface area (Å²) in [5.41, 5.74) is -0.144. The average Bonchev–Trinajstić information content (AvgIpc) is 3.50. The second kappa shape index (κ2) is 9.24. The summed E-state index contributed by atoms with van der Waals surface area (Å²) < 4.78 is 59.6. The summed E-state index contributed by atoms with van der Waals surface area (Å²) >= 11 is 0. The van der Waals surface area contributed by atoms with Gasteiger partial charge in [-0.25, -0.2) is 4.98 Å². The van der Waals surface area contributed by atoms with Crippen molar-refractivity contribution in [1.82, 2.24) is 19.7 Å². The number of oxazole rings is 1. The maximum atomic E-state index is 13.3. The number of hydrogen-bond acceptors (Lipinski definition) is 6. The molecule has 0 bridgehead atoms. The standard InChI is InChI=1S/C27H27F3N4O3/c1-16(2)26(37-20-8-5-7-19(14-20)27(28,29)30)11-6-12-34-24(32-33-25(26)34)18-9-10-21(22(13-18)35-4)23-15-31-17(3)36-23/h5,7-10,13-16H,6,11-12H2,1-4H3. The van der Waals surface area contributed by atoms with Crippen LogP contribution in [0.4, 0.5) is 13.2 Å². The van der Waals surface area contributed by atoms with Gasteiger partial charge in [0.15, 0.2) is 28.9 Å². The van der Waals surface area contributed by atoms with Gasteiger partial charge in [0.1, 0.15) is 11.5 Å². The number of alkyl halides is 3. The molecular formula is C27H27F3N4O3. The maximum absolute atomic E-state index is 13.3. The fraction of sp³-hybridized carbons (Fsp3) is 0.370. The van der Waals surface area contributed by atoms with Gasteiger partial charge in [-0.3, -0.25) is 0 Å². The molecule has 2 aromatic heterocycles. The number of aryl methyl sites for hydroxylation is 1. The first kappa shape index (κ1) is 24.9. The molecule has 3 heterocycles. The molecule has 0 aliphatic carbocycles. The van der Waals surface area contributed by atoms with Gasteiger partial charge in [0.2, 0.25) is 0 Å². The van der Waals surface area contributed by atoms with Crippen LogP contribution in [0.5, 0.6) is 11.5 Å². The van der Waals surface area contributed by atoms with Crippen molar-refractivity contribution in [3.05, 3.63) is 65.9 Å². The summed E-state index contributed by atoms with van der Waals surface area (Å²) in [5.74, 6) is 3.04. The first-order chi connectivity index (χ1) is 17.6. The van der Waals surface area contributed by atoms with E-state index in [0.717, 1.165) is 29.7 Å². The van der Waals surface area contributed by atoms with E-state index in [1.807, 2.05) is 36.6 Å². The van der Waals surface area contributed by atoms with Crippen molar-refractivity contribution in [2.45, 2.75) is 51.9 Å². The molecule has 0 fully saturated rings. The van der Waals surface area contributed by atoms with E-state index in [9.17, 15) is 13.2 Å². The van der Waals surface area contributed by atoms with Crippen LogP contribution < -0.4 is 9.47 Å². The van der Waals surface area contributed by atoms with E-state index >= 15 is 0 Å². The number of fused-ring (bicyclic) bond motifs is 1. The van der Waals surface area contributed by atoms with Gasteiger partial charge >= 0.3 is 6.18 Å². The maximum Gasteiger partial charge on any atom is 0.416 e. The van der Waals surface area contributed by atoms with E-state index in [-0.39, 0.29) is 11.7 Å². The van der Waals surface area contributed by atoms with E-state index in [2.05, 4.69) is 15.2 Å². The number of ether oxygens (including phenoxy) is 2. The van der Waals surface area contributed by atoms with Crippen LogP contribution in [0, 0.1) is 12.8 Å². The Balaban J connectivity index is 1.55. The van der Waals surface area contributed by atoms with Gasteiger partial charge in [-0.2, -0.15) is 13.2 Å². The lowest BCUT2D eigenvalue weighted by atomic mass is 9.82. The van der Waals surface area contributed by atoms with Crippen LogP contribution in [-0.2, 0) is 18.3 Å². The molecule has 0 radical (unpaired) electrons. The Hall–Kier alpha value is -3.82. The molecule has 0 amide bonds. The lowest BCUT2D eigenvalue weighted by molar-refractivity contribution is -0.137. The van der Waals surface area contributed by atoms with Crippen LogP contribution in [0.1, 0.15) is 44.0 Å². The van der Waals surface area contributed by atoms with Crippen LogP contribution in [0.3, 0.4) is 0 Å². The van der Waals surface area contributed by atoms with E-state index in [1.165, 1.54) is 6.07 Å². The van der Waals surface area contributed by atoms with Crippen molar-refractivity contribution in [2.75, 3.05) is 7.11 Å². The minimum absolute atomic E-state index is 0.0789. The van der Waals surface area contributed by atoms with Gasteiger partial charge in [-0.15, -0.1) is 10.2 Å². The topological polar surface area (TPSA) is 75.2 Å². The monoisotopic (exact) mass is 512 g/mol. The Morgan fingerprint density at radius 1 is 1.11 bits per heavy atom. The molecule has 0 saturated carbocycles. The second-order valence-electron chi connectivity index (χ2n) is 9.43. The molecule has 0 spiro atoms. The molecule has 10 heteroatoms. The van der Waals surface area contributed by atoms with Crippen molar-refractivity contribution in [1.29, 1.82) is 0 Å². The third-order valence-corrected chi connectivity index (χ3v) is 6.80. The molecule has 1 unspecified atom stereocenters. The first-order valence-corrected chi connectivity index (χ1v) is 12.0. The zero-order chi connectivity index (χ0) is 26.4. The Morgan fingerprint density at radius 2 is 1.92 bits per heavy atom. The average molecular weight is 513 g/mol. The predicted octanol–water partition coefficient (Wildman–Crippen LogP) is 6.66. The molecule has 2 aromatic carbocycles. The Kier molecular flexibility index (Phi) is 6.21.